The summed E-state index contributed by atoms with van der Waals surface area (Å²) in [5, 5.41) is 6.66. The largest absolute Gasteiger partial charge is 0.338 e. The zero-order chi connectivity index (χ0) is 25.8. The van der Waals surface area contributed by atoms with E-state index in [2.05, 4.69) is 35.6 Å². The maximum atomic E-state index is 13.7. The number of fused-ring (bicyclic) bond motifs is 3. The molecule has 6 aromatic rings. The lowest BCUT2D eigenvalue weighted by atomic mass is 10.0. The second kappa shape index (κ2) is 8.67. The number of imidazole rings is 1. The monoisotopic (exact) mass is 522 g/mol. The van der Waals surface area contributed by atoms with Crippen LogP contribution in [-0.4, -0.2) is 35.8 Å². The van der Waals surface area contributed by atoms with Gasteiger partial charge in [0.15, 0.2) is 16.6 Å². The zero-order valence-electron chi connectivity index (χ0n) is 20.0. The Balaban J connectivity index is 1.34. The summed E-state index contributed by atoms with van der Waals surface area (Å²) in [5.74, 6) is 1.35. The van der Waals surface area contributed by atoms with Crippen molar-refractivity contribution < 1.29 is 9.18 Å². The first-order valence-corrected chi connectivity index (χ1v) is 12.9. The smallest absolute Gasteiger partial charge is 0.224 e. The number of H-pyrrole nitrogens is 1. The molecule has 0 fully saturated rings. The third kappa shape index (κ3) is 3.84. The number of nitrogens with zero attached hydrogens (tertiary/aromatic N) is 5. The number of aromatic nitrogens is 6. The molecule has 7 rings (SSSR count). The lowest BCUT2D eigenvalue weighted by Crippen LogP contribution is -2.10. The molecule has 38 heavy (non-hydrogen) atoms. The van der Waals surface area contributed by atoms with Crippen molar-refractivity contribution in [2.45, 2.75) is 19.8 Å². The number of halogens is 1. The Hall–Kier alpha value is -4.77. The number of carbonyl (C=O) groups is 1. The normalized spacial score (nSPS) is 11.9. The fourth-order valence-electron chi connectivity index (χ4n) is 4.52. The van der Waals surface area contributed by atoms with E-state index in [4.69, 9.17) is 4.98 Å². The minimum absolute atomic E-state index is 0.0484. The molecule has 3 N–H and O–H groups in total. The topological polar surface area (TPSA) is 131 Å². The van der Waals surface area contributed by atoms with Crippen molar-refractivity contribution in [2.24, 2.45) is 0 Å². The van der Waals surface area contributed by atoms with Crippen LogP contribution in [0.4, 0.5) is 21.6 Å². The highest BCUT2D eigenvalue weighted by atomic mass is 32.1. The Morgan fingerprint density at radius 2 is 1.97 bits per heavy atom. The van der Waals surface area contributed by atoms with Crippen molar-refractivity contribution in [3.05, 3.63) is 60.3 Å². The number of anilines is 3. The average molecular weight is 523 g/mol. The van der Waals surface area contributed by atoms with Crippen LogP contribution >= 0.6 is 11.3 Å². The Labute approximate surface area is 219 Å². The highest BCUT2D eigenvalue weighted by molar-refractivity contribution is 7.13. The number of rotatable bonds is 6. The van der Waals surface area contributed by atoms with Gasteiger partial charge in [-0.3, -0.25) is 14.8 Å². The van der Waals surface area contributed by atoms with Gasteiger partial charge >= 0.3 is 0 Å². The van der Waals surface area contributed by atoms with Gasteiger partial charge in [0.2, 0.25) is 5.91 Å². The van der Waals surface area contributed by atoms with Gasteiger partial charge < -0.3 is 15.6 Å². The highest BCUT2D eigenvalue weighted by Gasteiger charge is 2.29. The van der Waals surface area contributed by atoms with Crippen molar-refractivity contribution in [3.8, 4) is 33.1 Å². The first kappa shape index (κ1) is 22.4. The molecule has 1 aliphatic rings. The number of nitrogens with one attached hydrogen (secondary N) is 3. The number of amides is 1. The molecular formula is C27H19FN8OS. The molecule has 0 bridgehead atoms. The van der Waals surface area contributed by atoms with Crippen LogP contribution in [0, 0.1) is 5.13 Å². The molecule has 9 nitrogen and oxygen atoms in total. The van der Waals surface area contributed by atoms with E-state index in [9.17, 15) is 9.18 Å². The summed E-state index contributed by atoms with van der Waals surface area (Å²) in [6, 6.07) is 8.87. The summed E-state index contributed by atoms with van der Waals surface area (Å²) in [6.45, 7) is 1.96. The van der Waals surface area contributed by atoms with Gasteiger partial charge in [-0.05, 0) is 36.8 Å². The molecule has 0 saturated heterocycles. The number of thiophene rings is 1. The molecule has 7 heterocycles. The number of hydrogen-bond donors (Lipinski definition) is 3. The SMILES string of the molecule is CCCC(=O)Nc1cncc(-c2cnc3nc4c(c(-c5nc6c(-c7ccc(F)s7)nccc6[nH]5)c3c2)N4)c1. The lowest BCUT2D eigenvalue weighted by Gasteiger charge is -2.08. The van der Waals surface area contributed by atoms with Crippen LogP contribution in [0.25, 0.3) is 55.2 Å². The minimum Gasteiger partial charge on any atom is -0.338 e. The van der Waals surface area contributed by atoms with E-state index in [0.717, 1.165) is 56.9 Å². The highest BCUT2D eigenvalue weighted by Crippen LogP contribution is 2.48. The Morgan fingerprint density at radius 1 is 1.08 bits per heavy atom. The average Bonchev–Trinajstić information content (AvgIpc) is 3.33. The predicted octanol–water partition coefficient (Wildman–Crippen LogP) is 6.29. The van der Waals surface area contributed by atoms with Gasteiger partial charge in [-0.2, -0.15) is 4.39 Å². The van der Waals surface area contributed by atoms with Gasteiger partial charge in [0, 0.05) is 41.5 Å². The van der Waals surface area contributed by atoms with E-state index in [1.807, 2.05) is 25.1 Å². The first-order chi connectivity index (χ1) is 18.6. The minimum atomic E-state index is -0.272. The molecule has 0 unspecified atom stereocenters. The number of carbonyl (C=O) groups excluding carboxylic acids is 1. The van der Waals surface area contributed by atoms with E-state index >= 15 is 0 Å². The molecule has 186 valence electrons. The quantitative estimate of drug-likeness (QED) is 0.219. The van der Waals surface area contributed by atoms with E-state index < -0.39 is 0 Å². The second-order valence-electron chi connectivity index (χ2n) is 8.94. The van der Waals surface area contributed by atoms with Crippen LogP contribution in [-0.2, 0) is 4.79 Å². The van der Waals surface area contributed by atoms with Crippen molar-refractivity contribution in [2.75, 3.05) is 10.6 Å². The molecule has 1 aliphatic heterocycles. The third-order valence-corrected chi connectivity index (χ3v) is 7.18. The first-order valence-electron chi connectivity index (χ1n) is 12.0. The van der Waals surface area contributed by atoms with Crippen LogP contribution in [0.1, 0.15) is 19.8 Å². The Bertz CT molecular complexity index is 1900. The lowest BCUT2D eigenvalue weighted by molar-refractivity contribution is -0.116. The van der Waals surface area contributed by atoms with E-state index in [1.165, 1.54) is 6.07 Å². The Morgan fingerprint density at radius 3 is 2.82 bits per heavy atom. The maximum Gasteiger partial charge on any atom is 0.224 e. The molecule has 1 amide bonds. The van der Waals surface area contributed by atoms with Gasteiger partial charge in [-0.15, -0.1) is 11.3 Å². The van der Waals surface area contributed by atoms with Crippen LogP contribution in [0.3, 0.4) is 0 Å². The molecule has 0 saturated carbocycles. The summed E-state index contributed by atoms with van der Waals surface area (Å²) in [5.41, 5.74) is 6.65. The summed E-state index contributed by atoms with van der Waals surface area (Å²) < 4.78 is 13.7. The van der Waals surface area contributed by atoms with Crippen molar-refractivity contribution in [1.82, 2.24) is 29.9 Å². The van der Waals surface area contributed by atoms with Crippen molar-refractivity contribution >= 4 is 56.5 Å². The van der Waals surface area contributed by atoms with Gasteiger partial charge in [-0.25, -0.2) is 15.0 Å². The molecule has 0 spiro atoms. The van der Waals surface area contributed by atoms with Gasteiger partial charge in [0.05, 0.1) is 33.5 Å². The summed E-state index contributed by atoms with van der Waals surface area (Å²) >= 11 is 1.04. The molecule has 0 atom stereocenters. The van der Waals surface area contributed by atoms with Crippen LogP contribution in [0.15, 0.2) is 55.1 Å². The van der Waals surface area contributed by atoms with Gasteiger partial charge in [-0.1, -0.05) is 6.92 Å². The molecule has 0 radical (unpaired) electrons. The molecular weight excluding hydrogens is 503 g/mol. The fourth-order valence-corrected chi connectivity index (χ4v) is 5.25. The van der Waals surface area contributed by atoms with E-state index in [1.54, 1.807) is 30.9 Å². The number of pyridine rings is 4. The van der Waals surface area contributed by atoms with Gasteiger partial charge in [0.1, 0.15) is 17.0 Å². The maximum absolute atomic E-state index is 13.7. The van der Waals surface area contributed by atoms with Crippen molar-refractivity contribution in [3.63, 3.8) is 0 Å². The van der Waals surface area contributed by atoms with Crippen LogP contribution in [0.5, 0.6) is 0 Å². The number of aromatic amines is 1. The Kier molecular flexibility index (Phi) is 5.11. The fraction of sp³-hybridized carbons (Fsp3) is 0.111. The zero-order valence-corrected chi connectivity index (χ0v) is 20.9. The molecule has 0 aromatic carbocycles. The van der Waals surface area contributed by atoms with Crippen LogP contribution in [0.2, 0.25) is 0 Å². The molecule has 6 aromatic heterocycles. The van der Waals surface area contributed by atoms with E-state index in [-0.39, 0.29) is 11.0 Å². The van der Waals surface area contributed by atoms with Crippen molar-refractivity contribution in [1.29, 1.82) is 0 Å². The third-order valence-electron chi connectivity index (χ3n) is 6.30. The predicted molar refractivity (Wildman–Crippen MR) is 146 cm³/mol. The van der Waals surface area contributed by atoms with E-state index in [0.29, 0.717) is 39.7 Å². The summed E-state index contributed by atoms with van der Waals surface area (Å²) in [7, 11) is 0. The van der Waals surface area contributed by atoms with Gasteiger partial charge in [0.25, 0.3) is 0 Å². The second-order valence-corrected chi connectivity index (χ2v) is 9.97. The molecule has 11 heteroatoms. The summed E-state index contributed by atoms with van der Waals surface area (Å²) in [6.07, 6.45) is 8.01. The van der Waals surface area contributed by atoms with Crippen LogP contribution < -0.4 is 10.6 Å². The summed E-state index contributed by atoms with van der Waals surface area (Å²) in [4.78, 5) is 39.1. The number of hydrogen-bond acceptors (Lipinski definition) is 8. The standard InChI is InChI=1S/C27H19FN8OS/c1-2-3-20(37)32-15-8-13(10-29-12-15)14-9-16-21(24-27(35-24)36-25(16)31-11-14)26-33-17-6-7-30-23(22(17)34-26)18-4-5-19(28)38-18/h4-12H,2-3H2,1H3,(H,32,37)(H,33,34)(H,31,35,36). The molecule has 0 aliphatic carbocycles.